The zero-order valence-electron chi connectivity index (χ0n) is 15.7. The highest BCUT2D eigenvalue weighted by atomic mass is 35.5. The molecule has 0 fully saturated rings. The van der Waals surface area contributed by atoms with Crippen LogP contribution in [0.15, 0.2) is 59.5 Å². The fourth-order valence-corrected chi connectivity index (χ4v) is 5.56. The molecule has 3 aromatic rings. The van der Waals surface area contributed by atoms with Crippen molar-refractivity contribution < 1.29 is 17.9 Å². The van der Waals surface area contributed by atoms with E-state index >= 15 is 0 Å². The Labute approximate surface area is 174 Å². The average Bonchev–Trinajstić information content (AvgIpc) is 2.91. The number of amides is 1. The van der Waals surface area contributed by atoms with E-state index in [-0.39, 0.29) is 18.9 Å². The molecule has 4 rings (SSSR count). The molecule has 0 bridgehead atoms. The third kappa shape index (κ3) is 3.52. The van der Waals surface area contributed by atoms with Crippen molar-refractivity contribution in [1.82, 2.24) is 0 Å². The summed E-state index contributed by atoms with van der Waals surface area (Å²) in [6.07, 6.45) is 0.571. The molecule has 0 saturated heterocycles. The molecule has 1 aliphatic rings. The highest BCUT2D eigenvalue weighted by molar-refractivity contribution is 7.93. The van der Waals surface area contributed by atoms with E-state index in [4.69, 9.17) is 16.3 Å². The number of carbonyl (C=O) groups excluding carboxylic acids is 1. The van der Waals surface area contributed by atoms with E-state index in [1.807, 2.05) is 18.2 Å². The van der Waals surface area contributed by atoms with E-state index in [1.165, 1.54) is 11.4 Å². The second-order valence-corrected chi connectivity index (χ2v) is 8.95. The third-order valence-corrected chi connectivity index (χ3v) is 7.03. The predicted molar refractivity (Wildman–Crippen MR) is 114 cm³/mol. The smallest absolute Gasteiger partial charge is 0.265 e. The van der Waals surface area contributed by atoms with Gasteiger partial charge in [-0.25, -0.2) is 8.42 Å². The van der Waals surface area contributed by atoms with Crippen LogP contribution in [0.5, 0.6) is 5.75 Å². The summed E-state index contributed by atoms with van der Waals surface area (Å²) in [5, 5.41) is 4.80. The van der Waals surface area contributed by atoms with Gasteiger partial charge in [-0.3, -0.25) is 9.10 Å². The molecule has 0 aliphatic carbocycles. The highest BCUT2D eigenvalue weighted by Gasteiger charge is 2.35. The maximum absolute atomic E-state index is 12.9. The first-order chi connectivity index (χ1) is 13.9. The van der Waals surface area contributed by atoms with Crippen molar-refractivity contribution in [3.8, 4) is 5.75 Å². The van der Waals surface area contributed by atoms with Crippen LogP contribution in [0.1, 0.15) is 12.8 Å². The van der Waals surface area contributed by atoms with Gasteiger partial charge < -0.3 is 10.1 Å². The SMILES string of the molecule is COc1ccc(NC(=O)CCCN2c3cccc4cccc(c34)S2(=O)=O)cc1Cl. The van der Waals surface area contributed by atoms with Crippen LogP contribution < -0.4 is 14.4 Å². The molecule has 0 radical (unpaired) electrons. The van der Waals surface area contributed by atoms with Crippen LogP contribution in [0.3, 0.4) is 0 Å². The zero-order chi connectivity index (χ0) is 20.6. The summed E-state index contributed by atoms with van der Waals surface area (Å²) in [5.41, 5.74) is 1.23. The minimum absolute atomic E-state index is 0.183. The molecule has 0 aromatic heterocycles. The summed E-state index contributed by atoms with van der Waals surface area (Å²) in [6.45, 7) is 0.229. The van der Waals surface area contributed by atoms with E-state index in [9.17, 15) is 13.2 Å². The number of carbonyl (C=O) groups is 1. The lowest BCUT2D eigenvalue weighted by molar-refractivity contribution is -0.116. The van der Waals surface area contributed by atoms with E-state index in [0.717, 1.165) is 10.8 Å². The van der Waals surface area contributed by atoms with Gasteiger partial charge in [0.05, 0.1) is 22.7 Å². The molecule has 3 aromatic carbocycles. The van der Waals surface area contributed by atoms with Crippen molar-refractivity contribution in [1.29, 1.82) is 0 Å². The Morgan fingerprint density at radius 3 is 2.62 bits per heavy atom. The predicted octanol–water partition coefficient (Wildman–Crippen LogP) is 4.43. The summed E-state index contributed by atoms with van der Waals surface area (Å²) >= 11 is 6.07. The quantitative estimate of drug-likeness (QED) is 0.627. The summed E-state index contributed by atoms with van der Waals surface area (Å²) in [7, 11) is -2.08. The Morgan fingerprint density at radius 1 is 1.14 bits per heavy atom. The van der Waals surface area contributed by atoms with Crippen molar-refractivity contribution in [3.05, 3.63) is 59.6 Å². The number of anilines is 2. The van der Waals surface area contributed by atoms with Crippen LogP contribution in [0, 0.1) is 0 Å². The molecular formula is C21H19ClN2O4S. The second kappa shape index (κ2) is 7.57. The Kier molecular flexibility index (Phi) is 5.10. The number of sulfonamides is 1. The maximum Gasteiger partial charge on any atom is 0.265 e. The minimum atomic E-state index is -3.60. The van der Waals surface area contributed by atoms with Gasteiger partial charge in [0.2, 0.25) is 5.91 Å². The normalized spacial score (nSPS) is 14.2. The monoisotopic (exact) mass is 430 g/mol. The Morgan fingerprint density at radius 2 is 1.90 bits per heavy atom. The lowest BCUT2D eigenvalue weighted by Gasteiger charge is -2.18. The van der Waals surface area contributed by atoms with Crippen molar-refractivity contribution in [2.24, 2.45) is 0 Å². The third-order valence-electron chi connectivity index (χ3n) is 4.88. The Balaban J connectivity index is 1.43. The van der Waals surface area contributed by atoms with Gasteiger partial charge in [0.25, 0.3) is 10.0 Å². The number of nitrogens with one attached hydrogen (secondary N) is 1. The van der Waals surface area contributed by atoms with Crippen LogP contribution in [0.4, 0.5) is 11.4 Å². The lowest BCUT2D eigenvalue weighted by atomic mass is 10.1. The van der Waals surface area contributed by atoms with E-state index in [2.05, 4.69) is 5.32 Å². The molecule has 0 saturated carbocycles. The number of halogens is 1. The topological polar surface area (TPSA) is 75.7 Å². The molecule has 29 heavy (non-hydrogen) atoms. The largest absolute Gasteiger partial charge is 0.495 e. The number of rotatable bonds is 6. The molecule has 1 aliphatic heterocycles. The summed E-state index contributed by atoms with van der Waals surface area (Å²) in [5.74, 6) is 0.316. The van der Waals surface area contributed by atoms with Crippen LogP contribution >= 0.6 is 11.6 Å². The molecule has 0 spiro atoms. The fourth-order valence-electron chi connectivity index (χ4n) is 3.55. The zero-order valence-corrected chi connectivity index (χ0v) is 17.3. The van der Waals surface area contributed by atoms with Crippen LogP contribution in [0.2, 0.25) is 5.02 Å². The van der Waals surface area contributed by atoms with E-state index in [1.54, 1.807) is 36.4 Å². The fraction of sp³-hybridized carbons (Fsp3) is 0.190. The van der Waals surface area contributed by atoms with Gasteiger partial charge >= 0.3 is 0 Å². The molecular weight excluding hydrogens is 412 g/mol. The number of hydrogen-bond donors (Lipinski definition) is 1. The molecule has 8 heteroatoms. The van der Waals surface area contributed by atoms with E-state index in [0.29, 0.717) is 33.5 Å². The van der Waals surface area contributed by atoms with Gasteiger partial charge in [-0.05, 0) is 42.1 Å². The molecule has 1 heterocycles. The summed E-state index contributed by atoms with van der Waals surface area (Å²) < 4.78 is 32.3. The first kappa shape index (κ1) is 19.5. The number of ether oxygens (including phenoxy) is 1. The summed E-state index contributed by atoms with van der Waals surface area (Å²) in [6, 6.07) is 15.8. The van der Waals surface area contributed by atoms with Gasteiger partial charge in [-0.15, -0.1) is 0 Å². The van der Waals surface area contributed by atoms with Crippen molar-refractivity contribution in [2.75, 3.05) is 23.3 Å². The second-order valence-electron chi connectivity index (χ2n) is 6.71. The van der Waals surface area contributed by atoms with Crippen LogP contribution in [0.25, 0.3) is 10.8 Å². The maximum atomic E-state index is 12.9. The van der Waals surface area contributed by atoms with Crippen LogP contribution in [-0.2, 0) is 14.8 Å². The minimum Gasteiger partial charge on any atom is -0.495 e. The Hall–Kier alpha value is -2.77. The van der Waals surface area contributed by atoms with Crippen LogP contribution in [-0.4, -0.2) is 28.0 Å². The number of methoxy groups -OCH3 is 1. The lowest BCUT2D eigenvalue weighted by Crippen LogP contribution is -2.28. The van der Waals surface area contributed by atoms with E-state index < -0.39 is 10.0 Å². The average molecular weight is 431 g/mol. The Bertz CT molecular complexity index is 1210. The van der Waals surface area contributed by atoms with Gasteiger partial charge in [0.15, 0.2) is 0 Å². The van der Waals surface area contributed by atoms with Crippen molar-refractivity contribution >= 4 is 49.7 Å². The summed E-state index contributed by atoms with van der Waals surface area (Å²) in [4.78, 5) is 12.6. The van der Waals surface area contributed by atoms with Crippen molar-refractivity contribution in [2.45, 2.75) is 17.7 Å². The number of nitrogens with zero attached hydrogens (tertiary/aromatic N) is 1. The molecule has 0 unspecified atom stereocenters. The van der Waals surface area contributed by atoms with Crippen molar-refractivity contribution in [3.63, 3.8) is 0 Å². The van der Waals surface area contributed by atoms with Gasteiger partial charge in [-0.2, -0.15) is 0 Å². The first-order valence-electron chi connectivity index (χ1n) is 9.09. The van der Waals surface area contributed by atoms with Gasteiger partial charge in [-0.1, -0.05) is 35.9 Å². The molecule has 6 nitrogen and oxygen atoms in total. The standard InChI is InChI=1S/C21H19ClN2O4S/c1-28-18-11-10-15(13-16(18)22)23-20(25)9-4-12-24-17-7-2-5-14-6-3-8-19(21(14)17)29(24,26)27/h2-3,5-8,10-11,13H,4,9,12H2,1H3,(H,23,25). The van der Waals surface area contributed by atoms with Gasteiger partial charge in [0.1, 0.15) is 5.75 Å². The molecule has 0 atom stereocenters. The number of hydrogen-bond acceptors (Lipinski definition) is 4. The highest BCUT2D eigenvalue weighted by Crippen LogP contribution is 2.42. The number of benzene rings is 3. The molecule has 1 N–H and O–H groups in total. The molecule has 1 amide bonds. The first-order valence-corrected chi connectivity index (χ1v) is 10.9. The molecule has 150 valence electrons. The van der Waals surface area contributed by atoms with Gasteiger partial charge in [0, 0.05) is 24.0 Å².